The van der Waals surface area contributed by atoms with Crippen LogP contribution in [-0.4, -0.2) is 29.9 Å². The van der Waals surface area contributed by atoms with Crippen molar-refractivity contribution in [1.29, 1.82) is 0 Å². The Morgan fingerprint density at radius 3 is 2.77 bits per heavy atom. The van der Waals surface area contributed by atoms with E-state index in [9.17, 15) is 4.79 Å². The largest absolute Gasteiger partial charge is 0.347 e. The Balaban J connectivity index is 1.81. The summed E-state index contributed by atoms with van der Waals surface area (Å²) in [5, 5.41) is 0.348. The predicted octanol–water partition coefficient (Wildman–Crippen LogP) is 1.03. The highest BCUT2D eigenvalue weighted by molar-refractivity contribution is 8.14. The molecule has 2 unspecified atom stereocenters. The number of ether oxygens (including phenoxy) is 2. The molecule has 2 saturated heterocycles. The summed E-state index contributed by atoms with van der Waals surface area (Å²) in [4.78, 5) is 11.4. The van der Waals surface area contributed by atoms with E-state index in [1.165, 1.54) is 11.8 Å². The molecule has 2 atom stereocenters. The van der Waals surface area contributed by atoms with Crippen LogP contribution in [0, 0.1) is 11.8 Å². The Morgan fingerprint density at radius 1 is 1.31 bits per heavy atom. The van der Waals surface area contributed by atoms with Gasteiger partial charge in [-0.15, -0.1) is 0 Å². The maximum absolute atomic E-state index is 11.4. The monoisotopic (exact) mass is 200 g/mol. The number of carbonyl (C=O) groups excluding carboxylic acids is 1. The van der Waals surface area contributed by atoms with Gasteiger partial charge in [0.2, 0.25) is 0 Å². The first-order chi connectivity index (χ1) is 6.29. The van der Waals surface area contributed by atoms with E-state index in [0.717, 1.165) is 18.6 Å². The van der Waals surface area contributed by atoms with Gasteiger partial charge in [-0.3, -0.25) is 4.79 Å². The summed E-state index contributed by atoms with van der Waals surface area (Å²) in [5.74, 6) is 1.32. The summed E-state index contributed by atoms with van der Waals surface area (Å²) in [7, 11) is 0. The Bertz CT molecular complexity index is 247. The molecule has 0 amide bonds. The average Bonchev–Trinajstić information content (AvgIpc) is 2.76. The molecule has 1 spiro atoms. The fourth-order valence-electron chi connectivity index (χ4n) is 2.61. The van der Waals surface area contributed by atoms with Crippen LogP contribution in [0.25, 0.3) is 0 Å². The molecule has 0 bridgehead atoms. The molecular formula is C9H12O3S. The molecule has 72 valence electrons. The van der Waals surface area contributed by atoms with Gasteiger partial charge < -0.3 is 9.47 Å². The molecule has 3 nitrogen and oxygen atoms in total. The highest BCUT2D eigenvalue weighted by Gasteiger charge is 2.54. The van der Waals surface area contributed by atoms with Crippen LogP contribution in [-0.2, 0) is 14.3 Å². The van der Waals surface area contributed by atoms with E-state index in [2.05, 4.69) is 0 Å². The minimum Gasteiger partial charge on any atom is -0.347 e. The summed E-state index contributed by atoms with van der Waals surface area (Å²) in [6, 6.07) is 0. The third-order valence-corrected chi connectivity index (χ3v) is 4.41. The van der Waals surface area contributed by atoms with Crippen molar-refractivity contribution in [1.82, 2.24) is 0 Å². The number of carbonyl (C=O) groups is 1. The zero-order valence-corrected chi connectivity index (χ0v) is 8.14. The lowest BCUT2D eigenvalue weighted by molar-refractivity contribution is -0.155. The van der Waals surface area contributed by atoms with Gasteiger partial charge in [0.05, 0.1) is 13.2 Å². The molecule has 13 heavy (non-hydrogen) atoms. The number of hydrogen-bond acceptors (Lipinski definition) is 4. The van der Waals surface area contributed by atoms with Crippen LogP contribution in [0.5, 0.6) is 0 Å². The van der Waals surface area contributed by atoms with Gasteiger partial charge in [-0.2, -0.15) is 0 Å². The molecule has 3 aliphatic rings. The van der Waals surface area contributed by atoms with Crippen molar-refractivity contribution in [2.24, 2.45) is 11.8 Å². The summed E-state index contributed by atoms with van der Waals surface area (Å²) in [6.07, 6.45) is 1.72. The molecule has 0 radical (unpaired) electrons. The Hall–Kier alpha value is -0.0600. The third kappa shape index (κ3) is 1.16. The fraction of sp³-hybridized carbons (Fsp3) is 0.889. The first-order valence-corrected chi connectivity index (χ1v) is 5.72. The summed E-state index contributed by atoms with van der Waals surface area (Å²) in [6.45, 7) is 1.39. The minimum atomic E-state index is -0.369. The summed E-state index contributed by atoms with van der Waals surface area (Å²) >= 11 is 1.48. The van der Waals surface area contributed by atoms with Crippen molar-refractivity contribution in [3.8, 4) is 0 Å². The molecular weight excluding hydrogens is 188 g/mol. The molecule has 2 aliphatic heterocycles. The van der Waals surface area contributed by atoms with E-state index in [0.29, 0.717) is 24.2 Å². The predicted molar refractivity (Wildman–Crippen MR) is 48.3 cm³/mol. The maximum atomic E-state index is 11.4. The smallest absolute Gasteiger partial charge is 0.192 e. The third-order valence-electron chi connectivity index (χ3n) is 3.23. The van der Waals surface area contributed by atoms with Crippen LogP contribution in [0.3, 0.4) is 0 Å². The van der Waals surface area contributed by atoms with Gasteiger partial charge in [0.25, 0.3) is 0 Å². The Labute approximate surface area is 81.2 Å². The van der Waals surface area contributed by atoms with Crippen LogP contribution < -0.4 is 0 Å². The van der Waals surface area contributed by atoms with Crippen molar-refractivity contribution < 1.29 is 14.3 Å². The fourth-order valence-corrected chi connectivity index (χ4v) is 3.82. The van der Waals surface area contributed by atoms with Gasteiger partial charge in [0.15, 0.2) is 10.9 Å². The lowest BCUT2D eigenvalue weighted by atomic mass is 10.0. The normalized spacial score (nSPS) is 41.7. The molecule has 1 aliphatic carbocycles. The lowest BCUT2D eigenvalue weighted by Gasteiger charge is -2.21. The Morgan fingerprint density at radius 2 is 2.08 bits per heavy atom. The van der Waals surface area contributed by atoms with Crippen LogP contribution in [0.2, 0.25) is 0 Å². The van der Waals surface area contributed by atoms with Crippen LogP contribution in [0.1, 0.15) is 12.8 Å². The molecule has 0 N–H and O–H groups in total. The van der Waals surface area contributed by atoms with Crippen LogP contribution in [0.15, 0.2) is 0 Å². The van der Waals surface area contributed by atoms with Crippen LogP contribution in [0.4, 0.5) is 0 Å². The SMILES string of the molecule is O=C1SCC2CC3(CC12)OCCO3. The van der Waals surface area contributed by atoms with Crippen molar-refractivity contribution >= 4 is 16.9 Å². The average molecular weight is 200 g/mol. The zero-order chi connectivity index (χ0) is 8.89. The van der Waals surface area contributed by atoms with Crippen molar-refractivity contribution in [3.05, 3.63) is 0 Å². The van der Waals surface area contributed by atoms with E-state index < -0.39 is 0 Å². The van der Waals surface area contributed by atoms with E-state index in [1.54, 1.807) is 0 Å². The summed E-state index contributed by atoms with van der Waals surface area (Å²) < 4.78 is 11.2. The standard InChI is InChI=1S/C9H12O3S/c10-8-7-4-9(11-1-2-12-9)3-6(7)5-13-8/h6-7H,1-5H2. The molecule has 0 aromatic rings. The van der Waals surface area contributed by atoms with Gasteiger partial charge in [0, 0.05) is 24.5 Å². The first-order valence-electron chi connectivity index (χ1n) is 4.74. The van der Waals surface area contributed by atoms with E-state index in [-0.39, 0.29) is 11.7 Å². The van der Waals surface area contributed by atoms with Gasteiger partial charge in [-0.05, 0) is 5.92 Å². The second-order valence-corrected chi connectivity index (χ2v) is 5.04. The van der Waals surface area contributed by atoms with E-state index >= 15 is 0 Å². The van der Waals surface area contributed by atoms with Gasteiger partial charge in [0.1, 0.15) is 0 Å². The van der Waals surface area contributed by atoms with Gasteiger partial charge in [-0.1, -0.05) is 11.8 Å². The molecule has 3 rings (SSSR count). The number of rotatable bonds is 0. The van der Waals surface area contributed by atoms with Crippen LogP contribution >= 0.6 is 11.8 Å². The quantitative estimate of drug-likeness (QED) is 0.585. The zero-order valence-electron chi connectivity index (χ0n) is 7.32. The van der Waals surface area contributed by atoms with E-state index in [1.807, 2.05) is 0 Å². The van der Waals surface area contributed by atoms with Gasteiger partial charge in [-0.25, -0.2) is 0 Å². The molecule has 0 aromatic heterocycles. The van der Waals surface area contributed by atoms with E-state index in [4.69, 9.17) is 9.47 Å². The number of thioether (sulfide) groups is 1. The Kier molecular flexibility index (Phi) is 1.73. The topological polar surface area (TPSA) is 35.5 Å². The summed E-state index contributed by atoms with van der Waals surface area (Å²) in [5.41, 5.74) is 0. The molecule has 0 aromatic carbocycles. The number of hydrogen-bond donors (Lipinski definition) is 0. The highest BCUT2D eigenvalue weighted by Crippen LogP contribution is 2.50. The lowest BCUT2D eigenvalue weighted by Crippen LogP contribution is -2.27. The van der Waals surface area contributed by atoms with Gasteiger partial charge >= 0.3 is 0 Å². The molecule has 3 fully saturated rings. The maximum Gasteiger partial charge on any atom is 0.192 e. The van der Waals surface area contributed by atoms with Crippen molar-refractivity contribution in [2.75, 3.05) is 19.0 Å². The molecule has 1 saturated carbocycles. The molecule has 2 heterocycles. The van der Waals surface area contributed by atoms with Crippen molar-refractivity contribution in [3.63, 3.8) is 0 Å². The van der Waals surface area contributed by atoms with Crippen molar-refractivity contribution in [2.45, 2.75) is 18.6 Å². The second kappa shape index (κ2) is 2.72. The first kappa shape index (κ1) is 8.26. The second-order valence-electron chi connectivity index (χ2n) is 4.01. The number of fused-ring (bicyclic) bond motifs is 1. The minimum absolute atomic E-state index is 0.211. The highest BCUT2D eigenvalue weighted by atomic mass is 32.2. The molecule has 4 heteroatoms.